The summed E-state index contributed by atoms with van der Waals surface area (Å²) in [6.07, 6.45) is 2.01. The quantitative estimate of drug-likeness (QED) is 0.581. The zero-order chi connectivity index (χ0) is 7.84. The number of aryl methyl sites for hydroxylation is 1. The fraction of sp³-hybridized carbons (Fsp3) is 0.625. The summed E-state index contributed by atoms with van der Waals surface area (Å²) in [4.78, 5) is 2.30. The van der Waals surface area contributed by atoms with E-state index in [9.17, 15) is 0 Å². The molecule has 11 heavy (non-hydrogen) atoms. The standard InChI is InChI=1S/C8H13N3/c1-10-5-7(6-10)8-3-4-11(2)9-8/h3-4,7H,5-6H2,1-2H3. The molecule has 3 nitrogen and oxygen atoms in total. The SMILES string of the molecule is CN1CC(c2ccn(C)n2)C1. The molecule has 1 aliphatic heterocycles. The fourth-order valence-electron chi connectivity index (χ4n) is 1.54. The first kappa shape index (κ1) is 6.85. The molecule has 2 rings (SSSR count). The van der Waals surface area contributed by atoms with Crippen molar-refractivity contribution in [2.75, 3.05) is 20.1 Å². The first-order chi connectivity index (χ1) is 5.25. The molecule has 0 aliphatic carbocycles. The zero-order valence-corrected chi connectivity index (χ0v) is 6.99. The first-order valence-electron chi connectivity index (χ1n) is 3.94. The Hall–Kier alpha value is -0.830. The van der Waals surface area contributed by atoms with Gasteiger partial charge in [0.1, 0.15) is 0 Å². The highest BCUT2D eigenvalue weighted by atomic mass is 15.3. The maximum absolute atomic E-state index is 4.36. The van der Waals surface area contributed by atoms with Crippen LogP contribution < -0.4 is 0 Å². The zero-order valence-electron chi connectivity index (χ0n) is 6.99. The predicted molar refractivity (Wildman–Crippen MR) is 43.4 cm³/mol. The smallest absolute Gasteiger partial charge is 0.0680 e. The van der Waals surface area contributed by atoms with Gasteiger partial charge in [-0.05, 0) is 13.1 Å². The summed E-state index contributed by atoms with van der Waals surface area (Å²) in [6, 6.07) is 2.11. The molecule has 0 N–H and O–H groups in total. The summed E-state index contributed by atoms with van der Waals surface area (Å²) in [6.45, 7) is 2.33. The number of likely N-dealkylation sites (N-methyl/N-ethyl adjacent to an activating group) is 1. The normalized spacial score (nSPS) is 20.2. The molecule has 0 saturated carbocycles. The summed E-state index contributed by atoms with van der Waals surface area (Å²) in [7, 11) is 4.10. The third kappa shape index (κ3) is 1.16. The number of nitrogens with zero attached hydrogens (tertiary/aromatic N) is 3. The Morgan fingerprint density at radius 3 is 2.64 bits per heavy atom. The molecular formula is C8H13N3. The molecule has 0 aromatic carbocycles. The molecule has 1 aromatic rings. The lowest BCUT2D eigenvalue weighted by atomic mass is 9.98. The van der Waals surface area contributed by atoms with E-state index in [0.717, 1.165) is 13.1 Å². The van der Waals surface area contributed by atoms with E-state index in [1.165, 1.54) is 5.69 Å². The van der Waals surface area contributed by atoms with Crippen molar-refractivity contribution in [1.29, 1.82) is 0 Å². The Kier molecular flexibility index (Phi) is 1.46. The van der Waals surface area contributed by atoms with Crippen LogP contribution in [0.5, 0.6) is 0 Å². The minimum atomic E-state index is 0.682. The maximum Gasteiger partial charge on any atom is 0.0680 e. The lowest BCUT2D eigenvalue weighted by Gasteiger charge is -2.34. The summed E-state index contributed by atoms with van der Waals surface area (Å²) >= 11 is 0. The van der Waals surface area contributed by atoms with Crippen molar-refractivity contribution < 1.29 is 0 Å². The summed E-state index contributed by atoms with van der Waals surface area (Å²) < 4.78 is 1.87. The molecule has 0 spiro atoms. The molecule has 0 radical (unpaired) electrons. The topological polar surface area (TPSA) is 21.1 Å². The minimum Gasteiger partial charge on any atom is -0.305 e. The maximum atomic E-state index is 4.36. The Morgan fingerprint density at radius 2 is 2.18 bits per heavy atom. The van der Waals surface area contributed by atoms with Crippen molar-refractivity contribution in [3.63, 3.8) is 0 Å². The van der Waals surface area contributed by atoms with Gasteiger partial charge in [-0.25, -0.2) is 0 Å². The van der Waals surface area contributed by atoms with Crippen molar-refractivity contribution in [2.24, 2.45) is 7.05 Å². The molecule has 0 atom stereocenters. The Balaban J connectivity index is 2.07. The van der Waals surface area contributed by atoms with E-state index in [2.05, 4.69) is 23.1 Å². The first-order valence-corrected chi connectivity index (χ1v) is 3.94. The van der Waals surface area contributed by atoms with Crippen LogP contribution >= 0.6 is 0 Å². The molecule has 1 fully saturated rings. The van der Waals surface area contributed by atoms with E-state index in [4.69, 9.17) is 0 Å². The van der Waals surface area contributed by atoms with Gasteiger partial charge >= 0.3 is 0 Å². The van der Waals surface area contributed by atoms with Crippen molar-refractivity contribution >= 4 is 0 Å². The van der Waals surface area contributed by atoms with E-state index in [1.807, 2.05) is 17.9 Å². The van der Waals surface area contributed by atoms with Crippen molar-refractivity contribution in [3.05, 3.63) is 18.0 Å². The highest BCUT2D eigenvalue weighted by molar-refractivity contribution is 5.11. The lowest BCUT2D eigenvalue weighted by Crippen LogP contribution is -2.41. The van der Waals surface area contributed by atoms with Crippen LogP contribution in [0.4, 0.5) is 0 Å². The fourth-order valence-corrected chi connectivity index (χ4v) is 1.54. The van der Waals surface area contributed by atoms with Crippen LogP contribution in [0.15, 0.2) is 12.3 Å². The van der Waals surface area contributed by atoms with Gasteiger partial charge < -0.3 is 4.90 Å². The lowest BCUT2D eigenvalue weighted by molar-refractivity contribution is 0.186. The van der Waals surface area contributed by atoms with Gasteiger partial charge in [-0.15, -0.1) is 0 Å². The summed E-state index contributed by atoms with van der Waals surface area (Å²) in [5.74, 6) is 0.682. The highest BCUT2D eigenvalue weighted by Crippen LogP contribution is 2.23. The van der Waals surface area contributed by atoms with Crippen molar-refractivity contribution in [1.82, 2.24) is 14.7 Å². The number of aromatic nitrogens is 2. The van der Waals surface area contributed by atoms with Gasteiger partial charge in [-0.2, -0.15) is 5.10 Å². The average Bonchev–Trinajstić information content (AvgIpc) is 2.29. The van der Waals surface area contributed by atoms with E-state index in [0.29, 0.717) is 5.92 Å². The second-order valence-corrected chi connectivity index (χ2v) is 3.33. The highest BCUT2D eigenvalue weighted by Gasteiger charge is 2.26. The number of hydrogen-bond acceptors (Lipinski definition) is 2. The van der Waals surface area contributed by atoms with Gasteiger partial charge in [0, 0.05) is 32.3 Å². The summed E-state index contributed by atoms with van der Waals surface area (Å²) in [5.41, 5.74) is 1.24. The number of rotatable bonds is 1. The molecule has 3 heteroatoms. The molecule has 0 unspecified atom stereocenters. The van der Waals surface area contributed by atoms with E-state index >= 15 is 0 Å². The molecule has 2 heterocycles. The Bertz CT molecular complexity index is 248. The molecule has 1 saturated heterocycles. The molecule has 60 valence electrons. The van der Waals surface area contributed by atoms with E-state index in [-0.39, 0.29) is 0 Å². The molecule has 1 aliphatic rings. The van der Waals surface area contributed by atoms with Gasteiger partial charge in [-0.1, -0.05) is 0 Å². The Morgan fingerprint density at radius 1 is 1.45 bits per heavy atom. The molecule has 1 aromatic heterocycles. The van der Waals surface area contributed by atoms with Crippen LogP contribution in [0.2, 0.25) is 0 Å². The third-order valence-corrected chi connectivity index (χ3v) is 2.22. The molecule has 0 amide bonds. The van der Waals surface area contributed by atoms with Gasteiger partial charge in [-0.3, -0.25) is 4.68 Å². The van der Waals surface area contributed by atoms with Crippen molar-refractivity contribution in [3.8, 4) is 0 Å². The molecule has 0 bridgehead atoms. The average molecular weight is 151 g/mol. The van der Waals surface area contributed by atoms with Crippen LogP contribution in [0.3, 0.4) is 0 Å². The number of likely N-dealkylation sites (tertiary alicyclic amines) is 1. The third-order valence-electron chi connectivity index (χ3n) is 2.22. The molecular weight excluding hydrogens is 138 g/mol. The van der Waals surface area contributed by atoms with Crippen LogP contribution in [0, 0.1) is 0 Å². The van der Waals surface area contributed by atoms with Crippen molar-refractivity contribution in [2.45, 2.75) is 5.92 Å². The monoisotopic (exact) mass is 151 g/mol. The second-order valence-electron chi connectivity index (χ2n) is 3.33. The largest absolute Gasteiger partial charge is 0.305 e. The van der Waals surface area contributed by atoms with E-state index < -0.39 is 0 Å². The van der Waals surface area contributed by atoms with Gasteiger partial charge in [0.05, 0.1) is 5.69 Å². The van der Waals surface area contributed by atoms with Crippen LogP contribution in [0.25, 0.3) is 0 Å². The predicted octanol–water partition coefficient (Wildman–Crippen LogP) is 0.449. The second kappa shape index (κ2) is 2.34. The van der Waals surface area contributed by atoms with Gasteiger partial charge in [0.2, 0.25) is 0 Å². The van der Waals surface area contributed by atoms with Crippen LogP contribution in [-0.2, 0) is 7.05 Å². The van der Waals surface area contributed by atoms with E-state index in [1.54, 1.807) is 0 Å². The number of hydrogen-bond donors (Lipinski definition) is 0. The van der Waals surface area contributed by atoms with Gasteiger partial charge in [0.25, 0.3) is 0 Å². The van der Waals surface area contributed by atoms with Gasteiger partial charge in [0.15, 0.2) is 0 Å². The Labute approximate surface area is 66.6 Å². The van der Waals surface area contributed by atoms with Crippen LogP contribution in [0.1, 0.15) is 11.6 Å². The summed E-state index contributed by atoms with van der Waals surface area (Å²) in [5, 5.41) is 4.36. The minimum absolute atomic E-state index is 0.682. The van der Waals surface area contributed by atoms with Crippen LogP contribution in [-0.4, -0.2) is 34.8 Å².